The third-order valence-corrected chi connectivity index (χ3v) is 2.31. The molecule has 0 spiro atoms. The number of imidazole rings is 1. The molecule has 1 aromatic carbocycles. The molecule has 0 unspecified atom stereocenters. The lowest BCUT2D eigenvalue weighted by molar-refractivity contribution is 0.585. The van der Waals surface area contributed by atoms with Gasteiger partial charge in [-0.2, -0.15) is 0 Å². The highest BCUT2D eigenvalue weighted by molar-refractivity contribution is 5.44. The van der Waals surface area contributed by atoms with Crippen LogP contribution in [-0.4, -0.2) is 9.55 Å². The van der Waals surface area contributed by atoms with E-state index in [4.69, 9.17) is 0 Å². The van der Waals surface area contributed by atoms with Crippen molar-refractivity contribution in [3.8, 4) is 0 Å². The van der Waals surface area contributed by atoms with Crippen molar-refractivity contribution in [2.24, 2.45) is 7.05 Å². The molecule has 0 saturated heterocycles. The molecule has 0 atom stereocenters. The van der Waals surface area contributed by atoms with Gasteiger partial charge in [0, 0.05) is 19.3 Å². The molecule has 1 N–H and O–H groups in total. The predicted molar refractivity (Wildman–Crippen MR) is 56.9 cm³/mol. The monoisotopic (exact) mass is 223 g/mol. The van der Waals surface area contributed by atoms with E-state index in [1.165, 1.54) is 12.1 Å². The van der Waals surface area contributed by atoms with Gasteiger partial charge in [-0.1, -0.05) is 0 Å². The first-order valence-corrected chi connectivity index (χ1v) is 4.81. The maximum atomic E-state index is 13.3. The fourth-order valence-corrected chi connectivity index (χ4v) is 1.37. The van der Waals surface area contributed by atoms with E-state index in [1.54, 1.807) is 12.5 Å². The Morgan fingerprint density at radius 1 is 1.38 bits per heavy atom. The minimum absolute atomic E-state index is 0.280. The minimum atomic E-state index is -0.595. The molecule has 0 radical (unpaired) electrons. The number of hydrogen-bond acceptors (Lipinski definition) is 2. The third-order valence-electron chi connectivity index (χ3n) is 2.31. The molecular formula is C11H11F2N3. The van der Waals surface area contributed by atoms with E-state index in [2.05, 4.69) is 10.3 Å². The standard InChI is InChI=1S/C11H11F2N3/c1-16-7-14-5-9(16)6-15-11-3-2-8(12)4-10(11)13/h2-5,7,15H,6H2,1H3. The predicted octanol–water partition coefficient (Wildman–Crippen LogP) is 2.31. The van der Waals surface area contributed by atoms with Gasteiger partial charge in [-0.3, -0.25) is 0 Å². The van der Waals surface area contributed by atoms with Crippen molar-refractivity contribution < 1.29 is 8.78 Å². The summed E-state index contributed by atoms with van der Waals surface area (Å²) in [5.74, 6) is -1.18. The average molecular weight is 223 g/mol. The number of nitrogens with zero attached hydrogens (tertiary/aromatic N) is 2. The number of aryl methyl sites for hydroxylation is 1. The number of aromatic nitrogens is 2. The van der Waals surface area contributed by atoms with E-state index in [9.17, 15) is 8.78 Å². The smallest absolute Gasteiger partial charge is 0.149 e. The summed E-state index contributed by atoms with van der Waals surface area (Å²) in [6.07, 6.45) is 3.35. The summed E-state index contributed by atoms with van der Waals surface area (Å²) in [5.41, 5.74) is 1.20. The van der Waals surface area contributed by atoms with E-state index < -0.39 is 11.6 Å². The zero-order valence-electron chi connectivity index (χ0n) is 8.74. The van der Waals surface area contributed by atoms with Crippen molar-refractivity contribution in [2.75, 3.05) is 5.32 Å². The van der Waals surface area contributed by atoms with Gasteiger partial charge in [-0.15, -0.1) is 0 Å². The number of hydrogen-bond donors (Lipinski definition) is 1. The third kappa shape index (κ3) is 2.18. The van der Waals surface area contributed by atoms with Crippen molar-refractivity contribution in [2.45, 2.75) is 6.54 Å². The van der Waals surface area contributed by atoms with Crippen LogP contribution in [0.2, 0.25) is 0 Å². The molecular weight excluding hydrogens is 212 g/mol. The molecule has 0 saturated carbocycles. The van der Waals surface area contributed by atoms with Gasteiger partial charge in [-0.25, -0.2) is 13.8 Å². The Balaban J connectivity index is 2.08. The van der Waals surface area contributed by atoms with Crippen LogP contribution >= 0.6 is 0 Å². The normalized spacial score (nSPS) is 10.4. The molecule has 2 rings (SSSR count). The Bertz CT molecular complexity index is 494. The van der Waals surface area contributed by atoms with E-state index in [0.717, 1.165) is 11.8 Å². The maximum Gasteiger partial charge on any atom is 0.149 e. The SMILES string of the molecule is Cn1cncc1CNc1ccc(F)cc1F. The van der Waals surface area contributed by atoms with E-state index in [0.29, 0.717) is 6.54 Å². The van der Waals surface area contributed by atoms with Crippen molar-refractivity contribution in [1.82, 2.24) is 9.55 Å². The van der Waals surface area contributed by atoms with Gasteiger partial charge in [0.1, 0.15) is 11.6 Å². The fraction of sp³-hybridized carbons (Fsp3) is 0.182. The van der Waals surface area contributed by atoms with E-state index >= 15 is 0 Å². The molecule has 1 heterocycles. The topological polar surface area (TPSA) is 29.9 Å². The summed E-state index contributed by atoms with van der Waals surface area (Å²) >= 11 is 0. The van der Waals surface area contributed by atoms with Crippen molar-refractivity contribution >= 4 is 5.69 Å². The molecule has 0 aliphatic rings. The molecule has 16 heavy (non-hydrogen) atoms. The number of anilines is 1. The number of rotatable bonds is 3. The van der Waals surface area contributed by atoms with Crippen LogP contribution in [0.15, 0.2) is 30.7 Å². The van der Waals surface area contributed by atoms with Gasteiger partial charge in [-0.05, 0) is 12.1 Å². The van der Waals surface area contributed by atoms with Gasteiger partial charge in [0.25, 0.3) is 0 Å². The first-order chi connectivity index (χ1) is 7.66. The zero-order valence-corrected chi connectivity index (χ0v) is 8.74. The molecule has 5 heteroatoms. The van der Waals surface area contributed by atoms with Crippen LogP contribution in [0.1, 0.15) is 5.69 Å². The summed E-state index contributed by atoms with van der Waals surface area (Å²) in [7, 11) is 1.85. The summed E-state index contributed by atoms with van der Waals surface area (Å²) in [6, 6.07) is 3.45. The molecule has 0 aliphatic heterocycles. The second kappa shape index (κ2) is 4.30. The minimum Gasteiger partial charge on any atom is -0.377 e. The van der Waals surface area contributed by atoms with Crippen LogP contribution in [0, 0.1) is 11.6 Å². The Hall–Kier alpha value is -1.91. The highest BCUT2D eigenvalue weighted by Gasteiger charge is 2.04. The Labute approximate surface area is 91.7 Å². The lowest BCUT2D eigenvalue weighted by Crippen LogP contribution is -2.05. The Morgan fingerprint density at radius 2 is 2.19 bits per heavy atom. The highest BCUT2D eigenvalue weighted by Crippen LogP contribution is 2.15. The molecule has 1 aromatic heterocycles. The average Bonchev–Trinajstić information content (AvgIpc) is 2.63. The van der Waals surface area contributed by atoms with Crippen molar-refractivity contribution in [1.29, 1.82) is 0 Å². The Morgan fingerprint density at radius 3 is 2.81 bits per heavy atom. The fourth-order valence-electron chi connectivity index (χ4n) is 1.37. The number of halogens is 2. The first kappa shape index (κ1) is 10.6. The van der Waals surface area contributed by atoms with Crippen molar-refractivity contribution in [3.63, 3.8) is 0 Å². The van der Waals surface area contributed by atoms with Gasteiger partial charge >= 0.3 is 0 Å². The number of nitrogens with one attached hydrogen (secondary N) is 1. The molecule has 0 aliphatic carbocycles. The molecule has 3 nitrogen and oxygen atoms in total. The van der Waals surface area contributed by atoms with Crippen LogP contribution in [-0.2, 0) is 13.6 Å². The largest absolute Gasteiger partial charge is 0.377 e. The second-order valence-electron chi connectivity index (χ2n) is 3.47. The van der Waals surface area contributed by atoms with Crippen LogP contribution in [0.4, 0.5) is 14.5 Å². The van der Waals surface area contributed by atoms with Gasteiger partial charge < -0.3 is 9.88 Å². The zero-order chi connectivity index (χ0) is 11.5. The lowest BCUT2D eigenvalue weighted by atomic mass is 10.3. The molecule has 0 bridgehead atoms. The second-order valence-corrected chi connectivity index (χ2v) is 3.47. The summed E-state index contributed by atoms with van der Waals surface area (Å²) in [5, 5.41) is 2.88. The van der Waals surface area contributed by atoms with Crippen molar-refractivity contribution in [3.05, 3.63) is 48.1 Å². The molecule has 2 aromatic rings. The van der Waals surface area contributed by atoms with E-state index in [1.807, 2.05) is 11.6 Å². The summed E-state index contributed by atoms with van der Waals surface area (Å²) < 4.78 is 27.7. The maximum absolute atomic E-state index is 13.3. The molecule has 0 amide bonds. The Kier molecular flexibility index (Phi) is 2.85. The van der Waals surface area contributed by atoms with Crippen LogP contribution in [0.25, 0.3) is 0 Å². The molecule has 84 valence electrons. The summed E-state index contributed by atoms with van der Waals surface area (Å²) in [4.78, 5) is 3.94. The lowest BCUT2D eigenvalue weighted by Gasteiger charge is -2.07. The molecule has 0 fully saturated rings. The first-order valence-electron chi connectivity index (χ1n) is 4.81. The van der Waals surface area contributed by atoms with Crippen LogP contribution in [0.5, 0.6) is 0 Å². The number of benzene rings is 1. The van der Waals surface area contributed by atoms with Crippen LogP contribution < -0.4 is 5.32 Å². The summed E-state index contributed by atoms with van der Waals surface area (Å²) in [6.45, 7) is 0.444. The van der Waals surface area contributed by atoms with Gasteiger partial charge in [0.05, 0.1) is 24.3 Å². The van der Waals surface area contributed by atoms with Crippen LogP contribution in [0.3, 0.4) is 0 Å². The van der Waals surface area contributed by atoms with Gasteiger partial charge in [0.15, 0.2) is 0 Å². The highest BCUT2D eigenvalue weighted by atomic mass is 19.1. The van der Waals surface area contributed by atoms with Gasteiger partial charge in [0.2, 0.25) is 0 Å². The quantitative estimate of drug-likeness (QED) is 0.865. The van der Waals surface area contributed by atoms with E-state index in [-0.39, 0.29) is 5.69 Å².